The molecule has 0 unspecified atom stereocenters. The van der Waals surface area contributed by atoms with Crippen molar-refractivity contribution in [3.05, 3.63) is 28.2 Å². The fraction of sp³-hybridized carbons (Fsp3) is 0. The van der Waals surface area contributed by atoms with Gasteiger partial charge in [-0.2, -0.15) is 0 Å². The van der Waals surface area contributed by atoms with E-state index in [1.165, 1.54) is 11.3 Å². The van der Waals surface area contributed by atoms with Crippen LogP contribution in [-0.4, -0.2) is 10.9 Å². The minimum absolute atomic E-state index is 0.338. The van der Waals surface area contributed by atoms with Crippen molar-refractivity contribution in [2.75, 3.05) is 0 Å². The van der Waals surface area contributed by atoms with Crippen molar-refractivity contribution in [1.29, 1.82) is 0 Å². The van der Waals surface area contributed by atoms with Crippen LogP contribution >= 0.6 is 22.9 Å². The maximum absolute atomic E-state index is 11.1. The number of thiazole rings is 1. The molecule has 1 aromatic carbocycles. The van der Waals surface area contributed by atoms with Crippen LogP contribution in [0.3, 0.4) is 0 Å². The monoisotopic (exact) mass is 227 g/mol. The quantitative estimate of drug-likeness (QED) is 0.441. The topological polar surface area (TPSA) is 68.0 Å². The summed E-state index contributed by atoms with van der Waals surface area (Å²) in [6.07, 6.45) is 0. The van der Waals surface area contributed by atoms with Crippen LogP contribution in [0.2, 0.25) is 5.02 Å². The molecule has 14 heavy (non-hydrogen) atoms. The highest BCUT2D eigenvalue weighted by molar-refractivity contribution is 7.20. The SMILES string of the molecule is NNC(=O)c1nc2cc(Cl)ccc2s1. The van der Waals surface area contributed by atoms with Crippen LogP contribution in [0.1, 0.15) is 9.80 Å². The van der Waals surface area contributed by atoms with Crippen LogP contribution in [0.4, 0.5) is 0 Å². The molecule has 0 radical (unpaired) electrons. The van der Waals surface area contributed by atoms with Gasteiger partial charge in [0, 0.05) is 5.02 Å². The number of rotatable bonds is 1. The summed E-state index contributed by atoms with van der Waals surface area (Å²) in [4.78, 5) is 15.2. The summed E-state index contributed by atoms with van der Waals surface area (Å²) in [6, 6.07) is 5.29. The number of nitrogens with zero attached hydrogens (tertiary/aromatic N) is 1. The largest absolute Gasteiger partial charge is 0.294 e. The maximum atomic E-state index is 11.1. The Bertz CT molecular complexity index is 496. The number of carbonyl (C=O) groups is 1. The number of nitrogens with two attached hydrogens (primary N) is 1. The van der Waals surface area contributed by atoms with Gasteiger partial charge in [-0.1, -0.05) is 11.6 Å². The third-order valence-corrected chi connectivity index (χ3v) is 2.95. The molecule has 0 aliphatic heterocycles. The molecule has 0 fully saturated rings. The number of aromatic nitrogens is 1. The van der Waals surface area contributed by atoms with Gasteiger partial charge in [-0.05, 0) is 18.2 Å². The first-order chi connectivity index (χ1) is 6.70. The first-order valence-electron chi connectivity index (χ1n) is 3.78. The summed E-state index contributed by atoms with van der Waals surface area (Å²) >= 11 is 7.06. The van der Waals surface area contributed by atoms with Gasteiger partial charge in [0.05, 0.1) is 10.2 Å². The Morgan fingerprint density at radius 1 is 1.57 bits per heavy atom. The Morgan fingerprint density at radius 3 is 3.07 bits per heavy atom. The van der Waals surface area contributed by atoms with Gasteiger partial charge in [-0.3, -0.25) is 10.2 Å². The first kappa shape index (κ1) is 9.39. The Kier molecular flexibility index (Phi) is 2.37. The van der Waals surface area contributed by atoms with E-state index in [1.807, 2.05) is 11.5 Å². The summed E-state index contributed by atoms with van der Waals surface area (Å²) in [5.41, 5.74) is 2.74. The fourth-order valence-corrected chi connectivity index (χ4v) is 2.07. The van der Waals surface area contributed by atoms with Crippen molar-refractivity contribution in [2.24, 2.45) is 5.84 Å². The van der Waals surface area contributed by atoms with E-state index < -0.39 is 0 Å². The summed E-state index contributed by atoms with van der Waals surface area (Å²) < 4.78 is 0.910. The lowest BCUT2D eigenvalue weighted by Gasteiger charge is -1.89. The second-order valence-electron chi connectivity index (χ2n) is 2.60. The van der Waals surface area contributed by atoms with E-state index in [-0.39, 0.29) is 5.91 Å². The lowest BCUT2D eigenvalue weighted by Crippen LogP contribution is -2.29. The van der Waals surface area contributed by atoms with Crippen LogP contribution in [-0.2, 0) is 0 Å². The lowest BCUT2D eigenvalue weighted by atomic mass is 10.3. The smallest absolute Gasteiger partial charge is 0.288 e. The highest BCUT2D eigenvalue weighted by atomic mass is 35.5. The van der Waals surface area contributed by atoms with E-state index >= 15 is 0 Å². The van der Waals surface area contributed by atoms with Crippen molar-refractivity contribution >= 4 is 39.1 Å². The zero-order chi connectivity index (χ0) is 10.1. The van der Waals surface area contributed by atoms with E-state index in [9.17, 15) is 4.79 Å². The van der Waals surface area contributed by atoms with Gasteiger partial charge in [0.15, 0.2) is 5.01 Å². The first-order valence-corrected chi connectivity index (χ1v) is 4.97. The van der Waals surface area contributed by atoms with E-state index in [2.05, 4.69) is 4.98 Å². The molecule has 0 atom stereocenters. The van der Waals surface area contributed by atoms with Crippen LogP contribution in [0.25, 0.3) is 10.2 Å². The lowest BCUT2D eigenvalue weighted by molar-refractivity contribution is 0.0953. The van der Waals surface area contributed by atoms with Crippen molar-refractivity contribution in [3.63, 3.8) is 0 Å². The van der Waals surface area contributed by atoms with E-state index in [0.717, 1.165) is 4.70 Å². The molecule has 1 aromatic heterocycles. The number of carbonyl (C=O) groups excluding carboxylic acids is 1. The molecule has 72 valence electrons. The molecule has 0 spiro atoms. The third-order valence-electron chi connectivity index (χ3n) is 1.67. The molecule has 2 rings (SSSR count). The summed E-state index contributed by atoms with van der Waals surface area (Å²) in [6.45, 7) is 0. The number of hydrogen-bond donors (Lipinski definition) is 2. The molecule has 1 heterocycles. The molecular weight excluding hydrogens is 222 g/mol. The number of halogens is 1. The fourth-order valence-electron chi connectivity index (χ4n) is 1.06. The highest BCUT2D eigenvalue weighted by Gasteiger charge is 2.10. The minimum atomic E-state index is -0.387. The van der Waals surface area contributed by atoms with E-state index in [1.54, 1.807) is 12.1 Å². The maximum Gasteiger partial charge on any atom is 0.294 e. The Labute approximate surface area is 88.7 Å². The third kappa shape index (κ3) is 1.57. The van der Waals surface area contributed by atoms with Gasteiger partial charge in [0.2, 0.25) is 0 Å². The Balaban J connectivity index is 2.56. The molecule has 0 saturated heterocycles. The number of hydrogen-bond acceptors (Lipinski definition) is 4. The number of amides is 1. The zero-order valence-electron chi connectivity index (χ0n) is 6.95. The van der Waals surface area contributed by atoms with Crippen molar-refractivity contribution in [1.82, 2.24) is 10.4 Å². The average Bonchev–Trinajstić information content (AvgIpc) is 2.59. The summed E-state index contributed by atoms with van der Waals surface area (Å²) in [5, 5.41) is 0.937. The average molecular weight is 228 g/mol. The minimum Gasteiger partial charge on any atom is -0.288 e. The Morgan fingerprint density at radius 2 is 2.36 bits per heavy atom. The number of benzene rings is 1. The van der Waals surface area contributed by atoms with Crippen molar-refractivity contribution in [2.45, 2.75) is 0 Å². The number of nitrogens with one attached hydrogen (secondary N) is 1. The summed E-state index contributed by atoms with van der Waals surface area (Å²) in [5.74, 6) is 4.61. The molecule has 2 aromatic rings. The van der Waals surface area contributed by atoms with Crippen molar-refractivity contribution in [3.8, 4) is 0 Å². The molecule has 0 aliphatic carbocycles. The van der Waals surface area contributed by atoms with Gasteiger partial charge in [0.25, 0.3) is 5.91 Å². The normalized spacial score (nSPS) is 10.4. The molecule has 0 aliphatic rings. The molecule has 3 N–H and O–H groups in total. The molecule has 6 heteroatoms. The van der Waals surface area contributed by atoms with E-state index in [0.29, 0.717) is 15.5 Å². The molecule has 4 nitrogen and oxygen atoms in total. The van der Waals surface area contributed by atoms with Crippen LogP contribution in [0.5, 0.6) is 0 Å². The van der Waals surface area contributed by atoms with Crippen molar-refractivity contribution < 1.29 is 4.79 Å². The second kappa shape index (κ2) is 3.53. The second-order valence-corrected chi connectivity index (χ2v) is 4.07. The number of fused-ring (bicyclic) bond motifs is 1. The predicted molar refractivity (Wildman–Crippen MR) is 56.3 cm³/mol. The summed E-state index contributed by atoms with van der Waals surface area (Å²) in [7, 11) is 0. The van der Waals surface area contributed by atoms with Crippen LogP contribution in [0, 0.1) is 0 Å². The predicted octanol–water partition coefficient (Wildman–Crippen LogP) is 1.55. The number of hydrazine groups is 1. The molecular formula is C8H6ClN3OS. The van der Waals surface area contributed by atoms with Gasteiger partial charge < -0.3 is 0 Å². The van der Waals surface area contributed by atoms with E-state index in [4.69, 9.17) is 17.4 Å². The highest BCUT2D eigenvalue weighted by Crippen LogP contribution is 2.24. The molecule has 0 bridgehead atoms. The standard InChI is InChI=1S/C8H6ClN3OS/c9-4-1-2-6-5(3-4)11-8(14-6)7(13)12-10/h1-3H,10H2,(H,12,13). The van der Waals surface area contributed by atoms with Crippen LogP contribution in [0.15, 0.2) is 18.2 Å². The van der Waals surface area contributed by atoms with Gasteiger partial charge in [0.1, 0.15) is 0 Å². The molecule has 0 saturated carbocycles. The van der Waals surface area contributed by atoms with Crippen LogP contribution < -0.4 is 11.3 Å². The van der Waals surface area contributed by atoms with Gasteiger partial charge >= 0.3 is 0 Å². The van der Waals surface area contributed by atoms with Gasteiger partial charge in [-0.15, -0.1) is 11.3 Å². The Hall–Kier alpha value is -1.17. The number of nitrogen functional groups attached to an aromatic ring is 1. The van der Waals surface area contributed by atoms with Gasteiger partial charge in [-0.25, -0.2) is 10.8 Å². The molecule has 1 amide bonds. The zero-order valence-corrected chi connectivity index (χ0v) is 8.52.